The maximum absolute atomic E-state index is 11.9. The van der Waals surface area contributed by atoms with Crippen molar-refractivity contribution in [2.75, 3.05) is 14.2 Å². The number of carbonyl (C=O) groups is 1. The zero-order chi connectivity index (χ0) is 14.5. The van der Waals surface area contributed by atoms with Gasteiger partial charge in [-0.25, -0.2) is 5.06 Å². The summed E-state index contributed by atoms with van der Waals surface area (Å²) < 4.78 is 0. The van der Waals surface area contributed by atoms with Crippen molar-refractivity contribution < 1.29 is 14.7 Å². The molecule has 104 valence electrons. The van der Waals surface area contributed by atoms with Gasteiger partial charge in [0.2, 0.25) is 0 Å². The zero-order valence-corrected chi connectivity index (χ0v) is 11.5. The molecular formula is C16H17NO3. The lowest BCUT2D eigenvalue weighted by molar-refractivity contribution is -0.0756. The van der Waals surface area contributed by atoms with E-state index >= 15 is 0 Å². The fourth-order valence-corrected chi connectivity index (χ4v) is 1.91. The zero-order valence-electron chi connectivity index (χ0n) is 11.5. The van der Waals surface area contributed by atoms with Gasteiger partial charge in [-0.05, 0) is 29.3 Å². The maximum Gasteiger partial charge on any atom is 0.277 e. The Hall–Kier alpha value is -2.33. The van der Waals surface area contributed by atoms with Crippen molar-refractivity contribution in [1.29, 1.82) is 0 Å². The third-order valence-corrected chi connectivity index (χ3v) is 3.15. The van der Waals surface area contributed by atoms with Gasteiger partial charge in [0.25, 0.3) is 5.91 Å². The number of hydrogen-bond acceptors (Lipinski definition) is 3. The van der Waals surface area contributed by atoms with Gasteiger partial charge in [-0.15, -0.1) is 0 Å². The molecular weight excluding hydrogens is 254 g/mol. The molecule has 0 radical (unpaired) electrons. The number of hydroxylamine groups is 2. The summed E-state index contributed by atoms with van der Waals surface area (Å²) in [5, 5.41) is 10.9. The first-order valence-electron chi connectivity index (χ1n) is 6.30. The van der Waals surface area contributed by atoms with Crippen LogP contribution >= 0.6 is 0 Å². The minimum atomic E-state index is -0.193. The molecule has 0 saturated heterocycles. The van der Waals surface area contributed by atoms with Crippen LogP contribution in [-0.4, -0.2) is 30.2 Å². The smallest absolute Gasteiger partial charge is 0.277 e. The SMILES string of the molecule is CON(C)C(=O)c1ccc(Cc2ccccc2O)cc1. The summed E-state index contributed by atoms with van der Waals surface area (Å²) in [5.74, 6) is 0.0911. The standard InChI is InChI=1S/C16H17NO3/c1-17(20-2)16(19)13-9-7-12(8-10-13)11-14-5-3-4-6-15(14)18/h3-10,18H,11H2,1-2H3. The molecule has 4 nitrogen and oxygen atoms in total. The second kappa shape index (κ2) is 6.21. The molecule has 2 aromatic rings. The molecule has 0 bridgehead atoms. The van der Waals surface area contributed by atoms with Gasteiger partial charge in [0.1, 0.15) is 5.75 Å². The first-order valence-corrected chi connectivity index (χ1v) is 6.30. The molecule has 0 spiro atoms. The molecule has 2 aromatic carbocycles. The Kier molecular flexibility index (Phi) is 4.38. The first-order chi connectivity index (χ1) is 9.61. The van der Waals surface area contributed by atoms with E-state index in [2.05, 4.69) is 0 Å². The van der Waals surface area contributed by atoms with Crippen molar-refractivity contribution in [3.8, 4) is 5.75 Å². The van der Waals surface area contributed by atoms with Gasteiger partial charge in [-0.1, -0.05) is 30.3 Å². The summed E-state index contributed by atoms with van der Waals surface area (Å²) in [7, 11) is 3.02. The molecule has 0 aliphatic carbocycles. The highest BCUT2D eigenvalue weighted by Crippen LogP contribution is 2.20. The van der Waals surface area contributed by atoms with Gasteiger partial charge >= 0.3 is 0 Å². The highest BCUT2D eigenvalue weighted by molar-refractivity contribution is 5.93. The molecule has 0 aromatic heterocycles. The molecule has 20 heavy (non-hydrogen) atoms. The molecule has 1 N–H and O–H groups in total. The largest absolute Gasteiger partial charge is 0.508 e. The third-order valence-electron chi connectivity index (χ3n) is 3.15. The highest BCUT2D eigenvalue weighted by atomic mass is 16.7. The van der Waals surface area contributed by atoms with Crippen LogP contribution in [0.3, 0.4) is 0 Å². The van der Waals surface area contributed by atoms with Crippen molar-refractivity contribution in [2.24, 2.45) is 0 Å². The number of amides is 1. The fraction of sp³-hybridized carbons (Fsp3) is 0.188. The van der Waals surface area contributed by atoms with E-state index in [1.807, 2.05) is 24.3 Å². The van der Waals surface area contributed by atoms with Gasteiger partial charge in [-0.2, -0.15) is 0 Å². The maximum atomic E-state index is 11.9. The lowest BCUT2D eigenvalue weighted by Gasteiger charge is -2.13. The monoisotopic (exact) mass is 271 g/mol. The Balaban J connectivity index is 2.13. The number of nitrogens with zero attached hydrogens (tertiary/aromatic N) is 1. The van der Waals surface area contributed by atoms with Gasteiger partial charge in [-0.3, -0.25) is 9.63 Å². The molecule has 0 heterocycles. The Bertz CT molecular complexity index is 593. The number of rotatable bonds is 4. The van der Waals surface area contributed by atoms with Crippen LogP contribution in [0.2, 0.25) is 0 Å². The number of phenolic OH excluding ortho intramolecular Hbond substituents is 1. The first kappa shape index (κ1) is 14.1. The van der Waals surface area contributed by atoms with E-state index in [0.717, 1.165) is 11.1 Å². The van der Waals surface area contributed by atoms with Crippen molar-refractivity contribution in [2.45, 2.75) is 6.42 Å². The summed E-state index contributed by atoms with van der Waals surface area (Å²) in [6, 6.07) is 14.5. The third kappa shape index (κ3) is 3.16. The van der Waals surface area contributed by atoms with Crippen LogP contribution in [0.4, 0.5) is 0 Å². The lowest BCUT2D eigenvalue weighted by Crippen LogP contribution is -2.25. The van der Waals surface area contributed by atoms with Crippen LogP contribution in [-0.2, 0) is 11.3 Å². The Labute approximate surface area is 118 Å². The van der Waals surface area contributed by atoms with Crippen molar-refractivity contribution in [3.05, 3.63) is 65.2 Å². The molecule has 0 unspecified atom stereocenters. The lowest BCUT2D eigenvalue weighted by atomic mass is 10.0. The molecule has 0 aliphatic rings. The summed E-state index contributed by atoms with van der Waals surface area (Å²) in [6.45, 7) is 0. The van der Waals surface area contributed by atoms with E-state index in [0.29, 0.717) is 12.0 Å². The normalized spacial score (nSPS) is 10.3. The van der Waals surface area contributed by atoms with Gasteiger partial charge in [0.05, 0.1) is 7.11 Å². The van der Waals surface area contributed by atoms with Crippen molar-refractivity contribution in [1.82, 2.24) is 5.06 Å². The summed E-state index contributed by atoms with van der Waals surface area (Å²) in [5.41, 5.74) is 2.46. The van der Waals surface area contributed by atoms with Gasteiger partial charge in [0.15, 0.2) is 0 Å². The van der Waals surface area contributed by atoms with Crippen molar-refractivity contribution in [3.63, 3.8) is 0 Å². The molecule has 4 heteroatoms. The topological polar surface area (TPSA) is 49.8 Å². The van der Waals surface area contributed by atoms with Gasteiger partial charge in [0, 0.05) is 19.0 Å². The van der Waals surface area contributed by atoms with Crippen LogP contribution in [0.15, 0.2) is 48.5 Å². The van der Waals surface area contributed by atoms with E-state index in [-0.39, 0.29) is 11.7 Å². The van der Waals surface area contributed by atoms with E-state index in [4.69, 9.17) is 4.84 Å². The second-order valence-electron chi connectivity index (χ2n) is 4.49. The van der Waals surface area contributed by atoms with E-state index in [9.17, 15) is 9.90 Å². The van der Waals surface area contributed by atoms with Gasteiger partial charge < -0.3 is 5.11 Å². The summed E-state index contributed by atoms with van der Waals surface area (Å²) in [6.07, 6.45) is 0.626. The molecule has 1 amide bonds. The minimum absolute atomic E-state index is 0.193. The van der Waals surface area contributed by atoms with E-state index in [1.165, 1.54) is 12.2 Å². The predicted molar refractivity (Wildman–Crippen MR) is 76.5 cm³/mol. The Morgan fingerprint density at radius 2 is 1.80 bits per heavy atom. The summed E-state index contributed by atoms with van der Waals surface area (Å²) >= 11 is 0. The highest BCUT2D eigenvalue weighted by Gasteiger charge is 2.11. The van der Waals surface area contributed by atoms with Crippen LogP contribution < -0.4 is 0 Å². The van der Waals surface area contributed by atoms with E-state index < -0.39 is 0 Å². The number of benzene rings is 2. The fourth-order valence-electron chi connectivity index (χ4n) is 1.91. The van der Waals surface area contributed by atoms with Crippen LogP contribution in [0, 0.1) is 0 Å². The molecule has 0 fully saturated rings. The number of hydrogen-bond donors (Lipinski definition) is 1. The van der Waals surface area contributed by atoms with Crippen LogP contribution in [0.1, 0.15) is 21.5 Å². The number of carbonyl (C=O) groups excluding carboxylic acids is 1. The number of phenols is 1. The molecule has 0 atom stereocenters. The average Bonchev–Trinajstić information content (AvgIpc) is 2.49. The molecule has 0 aliphatic heterocycles. The van der Waals surface area contributed by atoms with Crippen LogP contribution in [0.25, 0.3) is 0 Å². The Morgan fingerprint density at radius 3 is 2.40 bits per heavy atom. The Morgan fingerprint density at radius 1 is 1.15 bits per heavy atom. The van der Waals surface area contributed by atoms with E-state index in [1.54, 1.807) is 31.3 Å². The minimum Gasteiger partial charge on any atom is -0.508 e. The predicted octanol–water partition coefficient (Wildman–Crippen LogP) is 2.62. The van der Waals surface area contributed by atoms with Crippen molar-refractivity contribution >= 4 is 5.91 Å². The average molecular weight is 271 g/mol. The number of aromatic hydroxyl groups is 1. The summed E-state index contributed by atoms with van der Waals surface area (Å²) in [4.78, 5) is 16.7. The second-order valence-corrected chi connectivity index (χ2v) is 4.49. The number of para-hydroxylation sites is 1. The quantitative estimate of drug-likeness (QED) is 0.870. The molecule has 2 rings (SSSR count). The van der Waals surface area contributed by atoms with Crippen LogP contribution in [0.5, 0.6) is 5.75 Å². The molecule has 0 saturated carbocycles.